The molecular formula is C11H20N2O6. The third kappa shape index (κ3) is 8.97. The number of rotatable bonds is 4. The number of aliphatic hydroxyl groups is 1. The van der Waals surface area contributed by atoms with Crippen molar-refractivity contribution in [1.82, 2.24) is 10.2 Å². The lowest BCUT2D eigenvalue weighted by molar-refractivity contribution is -0.159. The van der Waals surface area contributed by atoms with Crippen LogP contribution in [0.5, 0.6) is 0 Å². The van der Waals surface area contributed by atoms with Crippen molar-refractivity contribution in [2.75, 3.05) is 26.2 Å². The summed E-state index contributed by atoms with van der Waals surface area (Å²) in [5.41, 5.74) is 0. The Hall–Kier alpha value is -1.67. The SMILES string of the molecule is CC(O)C(=O)NCCN1CCCC1.O=C(O)C(=O)O. The number of carbonyl (C=O) groups excluding carboxylic acids is 1. The predicted octanol–water partition coefficient (Wildman–Crippen LogP) is -1.27. The van der Waals surface area contributed by atoms with E-state index in [1.165, 1.54) is 19.8 Å². The summed E-state index contributed by atoms with van der Waals surface area (Å²) in [6.45, 7) is 5.31. The van der Waals surface area contributed by atoms with E-state index in [2.05, 4.69) is 10.2 Å². The average molecular weight is 276 g/mol. The molecule has 1 atom stereocenters. The monoisotopic (exact) mass is 276 g/mol. The maximum absolute atomic E-state index is 10.9. The van der Waals surface area contributed by atoms with E-state index in [0.717, 1.165) is 19.6 Å². The minimum Gasteiger partial charge on any atom is -0.473 e. The highest BCUT2D eigenvalue weighted by Crippen LogP contribution is 2.05. The second-order valence-corrected chi connectivity index (χ2v) is 4.13. The molecule has 19 heavy (non-hydrogen) atoms. The van der Waals surface area contributed by atoms with Crippen LogP contribution in [0.4, 0.5) is 0 Å². The molecule has 1 saturated heterocycles. The van der Waals surface area contributed by atoms with E-state index in [0.29, 0.717) is 6.54 Å². The number of carboxylic acids is 2. The molecule has 0 radical (unpaired) electrons. The maximum Gasteiger partial charge on any atom is 0.414 e. The van der Waals surface area contributed by atoms with Gasteiger partial charge in [-0.1, -0.05) is 0 Å². The topological polar surface area (TPSA) is 127 Å². The van der Waals surface area contributed by atoms with Crippen molar-refractivity contribution < 1.29 is 29.7 Å². The molecule has 1 fully saturated rings. The Morgan fingerprint density at radius 1 is 1.16 bits per heavy atom. The number of likely N-dealkylation sites (tertiary alicyclic amines) is 1. The third-order valence-electron chi connectivity index (χ3n) is 2.49. The zero-order valence-corrected chi connectivity index (χ0v) is 10.8. The molecule has 0 aliphatic carbocycles. The van der Waals surface area contributed by atoms with Gasteiger partial charge in [-0.2, -0.15) is 0 Å². The number of amides is 1. The first-order valence-corrected chi connectivity index (χ1v) is 5.99. The van der Waals surface area contributed by atoms with Gasteiger partial charge in [0.15, 0.2) is 0 Å². The standard InChI is InChI=1S/C9H18N2O2.C2H2O4/c1-8(12)9(13)10-4-7-11-5-2-3-6-11;3-1(4)2(5)6/h8,12H,2-7H2,1H3,(H,10,13);(H,3,4)(H,5,6). The van der Waals surface area contributed by atoms with Crippen LogP contribution in [0.2, 0.25) is 0 Å². The summed E-state index contributed by atoms with van der Waals surface area (Å²) in [7, 11) is 0. The van der Waals surface area contributed by atoms with Crippen molar-refractivity contribution >= 4 is 17.8 Å². The molecule has 0 spiro atoms. The van der Waals surface area contributed by atoms with Gasteiger partial charge in [-0.05, 0) is 32.9 Å². The number of aliphatic carboxylic acids is 2. The van der Waals surface area contributed by atoms with Crippen LogP contribution in [0.15, 0.2) is 0 Å². The first kappa shape index (κ1) is 17.3. The van der Waals surface area contributed by atoms with Gasteiger partial charge in [-0.3, -0.25) is 4.79 Å². The molecule has 1 unspecified atom stereocenters. The maximum atomic E-state index is 10.9. The summed E-state index contributed by atoms with van der Waals surface area (Å²) in [5.74, 6) is -3.93. The van der Waals surface area contributed by atoms with Crippen molar-refractivity contribution in [3.05, 3.63) is 0 Å². The summed E-state index contributed by atoms with van der Waals surface area (Å²) in [6, 6.07) is 0. The first-order chi connectivity index (χ1) is 8.84. The Morgan fingerprint density at radius 3 is 2.00 bits per heavy atom. The first-order valence-electron chi connectivity index (χ1n) is 5.99. The zero-order valence-electron chi connectivity index (χ0n) is 10.8. The molecule has 0 aromatic carbocycles. The van der Waals surface area contributed by atoms with Crippen LogP contribution in [0.25, 0.3) is 0 Å². The van der Waals surface area contributed by atoms with Gasteiger partial charge in [-0.15, -0.1) is 0 Å². The van der Waals surface area contributed by atoms with E-state index in [1.807, 2.05) is 0 Å². The van der Waals surface area contributed by atoms with E-state index in [4.69, 9.17) is 24.9 Å². The Morgan fingerprint density at radius 2 is 1.63 bits per heavy atom. The molecule has 8 nitrogen and oxygen atoms in total. The van der Waals surface area contributed by atoms with E-state index in [1.54, 1.807) is 0 Å². The fourth-order valence-corrected chi connectivity index (χ4v) is 1.49. The molecule has 0 aromatic rings. The Bertz CT molecular complexity index is 300. The summed E-state index contributed by atoms with van der Waals surface area (Å²) in [6.07, 6.45) is 1.65. The molecule has 0 aromatic heterocycles. The zero-order chi connectivity index (χ0) is 14.8. The fraction of sp³-hybridized carbons (Fsp3) is 0.727. The van der Waals surface area contributed by atoms with Gasteiger partial charge in [0.05, 0.1) is 0 Å². The van der Waals surface area contributed by atoms with Crippen LogP contribution in [-0.4, -0.2) is 70.3 Å². The molecule has 1 amide bonds. The van der Waals surface area contributed by atoms with Crippen LogP contribution < -0.4 is 5.32 Å². The molecule has 4 N–H and O–H groups in total. The molecule has 0 saturated carbocycles. The number of hydrogen-bond acceptors (Lipinski definition) is 5. The third-order valence-corrected chi connectivity index (χ3v) is 2.49. The molecule has 1 aliphatic rings. The Labute approximate surface area is 111 Å². The largest absolute Gasteiger partial charge is 0.473 e. The van der Waals surface area contributed by atoms with Gasteiger partial charge < -0.3 is 25.5 Å². The lowest BCUT2D eigenvalue weighted by atomic mass is 10.4. The molecular weight excluding hydrogens is 256 g/mol. The quantitative estimate of drug-likeness (QED) is 0.472. The van der Waals surface area contributed by atoms with Gasteiger partial charge in [0.25, 0.3) is 0 Å². The molecule has 1 heterocycles. The van der Waals surface area contributed by atoms with E-state index in [-0.39, 0.29) is 5.91 Å². The summed E-state index contributed by atoms with van der Waals surface area (Å²) in [4.78, 5) is 31.5. The van der Waals surface area contributed by atoms with Crippen LogP contribution in [0, 0.1) is 0 Å². The Kier molecular flexibility index (Phi) is 8.47. The van der Waals surface area contributed by atoms with Crippen LogP contribution in [0.3, 0.4) is 0 Å². The van der Waals surface area contributed by atoms with E-state index in [9.17, 15) is 4.79 Å². The molecule has 8 heteroatoms. The minimum atomic E-state index is -1.82. The number of hydrogen-bond donors (Lipinski definition) is 4. The lowest BCUT2D eigenvalue weighted by Crippen LogP contribution is -2.38. The highest BCUT2D eigenvalue weighted by atomic mass is 16.4. The van der Waals surface area contributed by atoms with Crippen molar-refractivity contribution in [3.8, 4) is 0 Å². The number of nitrogens with one attached hydrogen (secondary N) is 1. The van der Waals surface area contributed by atoms with Gasteiger partial charge in [-0.25, -0.2) is 9.59 Å². The number of carbonyl (C=O) groups is 3. The fourth-order valence-electron chi connectivity index (χ4n) is 1.49. The van der Waals surface area contributed by atoms with Crippen molar-refractivity contribution in [3.63, 3.8) is 0 Å². The number of aliphatic hydroxyl groups excluding tert-OH is 1. The predicted molar refractivity (Wildman–Crippen MR) is 65.6 cm³/mol. The summed E-state index contributed by atoms with van der Waals surface area (Å²) in [5, 5.41) is 26.3. The second-order valence-electron chi connectivity index (χ2n) is 4.13. The summed E-state index contributed by atoms with van der Waals surface area (Å²) >= 11 is 0. The van der Waals surface area contributed by atoms with Gasteiger partial charge in [0, 0.05) is 13.1 Å². The minimum absolute atomic E-state index is 0.279. The van der Waals surface area contributed by atoms with Crippen LogP contribution in [-0.2, 0) is 14.4 Å². The average Bonchev–Trinajstić information content (AvgIpc) is 2.82. The molecule has 0 bridgehead atoms. The van der Waals surface area contributed by atoms with E-state index < -0.39 is 18.0 Å². The molecule has 1 aliphatic heterocycles. The Balaban J connectivity index is 0.000000459. The molecule has 1 rings (SSSR count). The van der Waals surface area contributed by atoms with Crippen molar-refractivity contribution in [2.24, 2.45) is 0 Å². The number of carboxylic acid groups (broad SMARTS) is 2. The smallest absolute Gasteiger partial charge is 0.414 e. The highest BCUT2D eigenvalue weighted by Gasteiger charge is 2.12. The second kappa shape index (κ2) is 9.29. The van der Waals surface area contributed by atoms with Crippen molar-refractivity contribution in [1.29, 1.82) is 0 Å². The van der Waals surface area contributed by atoms with Gasteiger partial charge in [0.2, 0.25) is 5.91 Å². The van der Waals surface area contributed by atoms with Crippen LogP contribution >= 0.6 is 0 Å². The highest BCUT2D eigenvalue weighted by molar-refractivity contribution is 6.27. The van der Waals surface area contributed by atoms with Gasteiger partial charge in [0.1, 0.15) is 6.10 Å². The lowest BCUT2D eigenvalue weighted by Gasteiger charge is -2.15. The van der Waals surface area contributed by atoms with Gasteiger partial charge >= 0.3 is 11.9 Å². The van der Waals surface area contributed by atoms with Crippen LogP contribution in [0.1, 0.15) is 19.8 Å². The molecule has 110 valence electrons. The normalized spacial score (nSPS) is 16.1. The number of nitrogens with zero attached hydrogens (tertiary/aromatic N) is 1. The summed E-state index contributed by atoms with van der Waals surface area (Å²) < 4.78 is 0. The van der Waals surface area contributed by atoms with E-state index >= 15 is 0 Å². The van der Waals surface area contributed by atoms with Crippen molar-refractivity contribution in [2.45, 2.75) is 25.9 Å².